The molecule has 1 aliphatic carbocycles. The first-order valence-electron chi connectivity index (χ1n) is 7.82. The molecule has 5 heteroatoms. The summed E-state index contributed by atoms with van der Waals surface area (Å²) in [7, 11) is 1.86. The Morgan fingerprint density at radius 3 is 2.45 bits per heavy atom. The summed E-state index contributed by atoms with van der Waals surface area (Å²) in [6, 6.07) is 6.80. The predicted octanol–water partition coefficient (Wildman–Crippen LogP) is 3.10. The number of amides is 2. The van der Waals surface area contributed by atoms with Gasteiger partial charge in [0.15, 0.2) is 0 Å². The number of benzene rings is 1. The summed E-state index contributed by atoms with van der Waals surface area (Å²) in [5.41, 5.74) is 1.15. The van der Waals surface area contributed by atoms with E-state index >= 15 is 0 Å². The maximum atomic E-state index is 12.3. The molecule has 1 aliphatic rings. The van der Waals surface area contributed by atoms with Crippen molar-refractivity contribution in [2.45, 2.75) is 45.2 Å². The van der Waals surface area contributed by atoms with Crippen molar-refractivity contribution < 1.29 is 14.7 Å². The molecule has 2 amide bonds. The average Bonchev–Trinajstić information content (AvgIpc) is 2.52. The van der Waals surface area contributed by atoms with Crippen LogP contribution in [-0.4, -0.2) is 35.1 Å². The molecule has 0 saturated heterocycles. The van der Waals surface area contributed by atoms with Gasteiger partial charge < -0.3 is 15.3 Å². The highest BCUT2D eigenvalue weighted by Gasteiger charge is 2.27. The summed E-state index contributed by atoms with van der Waals surface area (Å²) >= 11 is 0. The van der Waals surface area contributed by atoms with Gasteiger partial charge in [-0.3, -0.25) is 0 Å². The quantitative estimate of drug-likeness (QED) is 0.898. The zero-order chi connectivity index (χ0) is 16.1. The molecule has 2 N–H and O–H groups in total. The number of nitrogens with zero attached hydrogens (tertiary/aromatic N) is 1. The second-order valence-corrected chi connectivity index (χ2v) is 6.10. The molecule has 2 rings (SSSR count). The Hall–Kier alpha value is -2.04. The Balaban J connectivity index is 1.87. The number of aromatic carboxylic acids is 1. The summed E-state index contributed by atoms with van der Waals surface area (Å²) in [5, 5.41) is 11.8. The van der Waals surface area contributed by atoms with Crippen LogP contribution in [0.25, 0.3) is 0 Å². The fourth-order valence-corrected chi connectivity index (χ4v) is 3.09. The van der Waals surface area contributed by atoms with Gasteiger partial charge in [-0.05, 0) is 36.5 Å². The van der Waals surface area contributed by atoms with Crippen molar-refractivity contribution in [3.8, 4) is 0 Å². The van der Waals surface area contributed by atoms with Crippen LogP contribution in [0.2, 0.25) is 0 Å². The molecule has 0 radical (unpaired) electrons. The Labute approximate surface area is 131 Å². The molecule has 1 aromatic rings. The van der Waals surface area contributed by atoms with E-state index in [0.717, 1.165) is 12.0 Å². The van der Waals surface area contributed by atoms with E-state index in [2.05, 4.69) is 12.2 Å². The molecule has 2 atom stereocenters. The molecule has 2 unspecified atom stereocenters. The predicted molar refractivity (Wildman–Crippen MR) is 84.8 cm³/mol. The molecule has 120 valence electrons. The lowest BCUT2D eigenvalue weighted by molar-refractivity contribution is 0.0697. The molecule has 0 heterocycles. The highest BCUT2D eigenvalue weighted by atomic mass is 16.4. The van der Waals surface area contributed by atoms with Gasteiger partial charge in [-0.2, -0.15) is 0 Å². The number of carbonyl (C=O) groups is 2. The van der Waals surface area contributed by atoms with Gasteiger partial charge in [0.25, 0.3) is 0 Å². The number of hydrogen-bond donors (Lipinski definition) is 2. The van der Waals surface area contributed by atoms with Crippen molar-refractivity contribution in [2.75, 3.05) is 7.05 Å². The molecule has 0 spiro atoms. The highest BCUT2D eigenvalue weighted by Crippen LogP contribution is 2.27. The van der Waals surface area contributed by atoms with E-state index in [1.54, 1.807) is 24.3 Å². The van der Waals surface area contributed by atoms with E-state index in [1.807, 2.05) is 11.9 Å². The normalized spacial score (nSPS) is 21.2. The van der Waals surface area contributed by atoms with Gasteiger partial charge in [0.2, 0.25) is 0 Å². The van der Waals surface area contributed by atoms with Crippen molar-refractivity contribution in [3.63, 3.8) is 0 Å². The largest absolute Gasteiger partial charge is 0.478 e. The van der Waals surface area contributed by atoms with Gasteiger partial charge in [0.1, 0.15) is 0 Å². The highest BCUT2D eigenvalue weighted by molar-refractivity contribution is 5.87. The van der Waals surface area contributed by atoms with Gasteiger partial charge in [-0.1, -0.05) is 31.9 Å². The van der Waals surface area contributed by atoms with Crippen molar-refractivity contribution in [1.82, 2.24) is 10.2 Å². The van der Waals surface area contributed by atoms with Crippen molar-refractivity contribution in [2.24, 2.45) is 5.92 Å². The van der Waals surface area contributed by atoms with Crippen LogP contribution in [0.15, 0.2) is 24.3 Å². The molecule has 0 aliphatic heterocycles. The van der Waals surface area contributed by atoms with Crippen LogP contribution in [0, 0.1) is 5.92 Å². The van der Waals surface area contributed by atoms with Crippen molar-refractivity contribution >= 4 is 12.0 Å². The third-order valence-corrected chi connectivity index (χ3v) is 4.53. The van der Waals surface area contributed by atoms with E-state index < -0.39 is 5.97 Å². The maximum absolute atomic E-state index is 12.3. The van der Waals surface area contributed by atoms with Crippen molar-refractivity contribution in [3.05, 3.63) is 35.4 Å². The molecule has 22 heavy (non-hydrogen) atoms. The third-order valence-electron chi connectivity index (χ3n) is 4.53. The number of carbonyl (C=O) groups excluding carboxylic acids is 1. The summed E-state index contributed by atoms with van der Waals surface area (Å²) in [6.45, 7) is 2.61. The first kappa shape index (κ1) is 16.3. The fraction of sp³-hybridized carbons (Fsp3) is 0.529. The van der Waals surface area contributed by atoms with Crippen molar-refractivity contribution in [1.29, 1.82) is 0 Å². The van der Waals surface area contributed by atoms with Crippen LogP contribution in [0.3, 0.4) is 0 Å². The zero-order valence-electron chi connectivity index (χ0n) is 13.2. The standard InChI is InChI=1S/C17H24N2O3/c1-12-5-3-4-6-15(12)19(2)17(22)18-11-13-7-9-14(10-8-13)16(20)21/h7-10,12,15H,3-6,11H2,1-2H3,(H,18,22)(H,20,21). The minimum Gasteiger partial charge on any atom is -0.478 e. The number of urea groups is 1. The first-order valence-corrected chi connectivity index (χ1v) is 7.82. The molecule has 1 aromatic carbocycles. The smallest absolute Gasteiger partial charge is 0.335 e. The average molecular weight is 304 g/mol. The number of nitrogens with one attached hydrogen (secondary N) is 1. The van der Waals surface area contributed by atoms with Gasteiger partial charge in [0.05, 0.1) is 5.56 Å². The lowest BCUT2D eigenvalue weighted by atomic mass is 9.85. The van der Waals surface area contributed by atoms with Crippen LogP contribution in [-0.2, 0) is 6.54 Å². The van der Waals surface area contributed by atoms with Gasteiger partial charge in [0, 0.05) is 19.6 Å². The van der Waals surface area contributed by atoms with E-state index in [0.29, 0.717) is 18.5 Å². The van der Waals surface area contributed by atoms with E-state index in [1.165, 1.54) is 19.3 Å². The Kier molecular flexibility index (Phi) is 5.41. The van der Waals surface area contributed by atoms with E-state index in [4.69, 9.17) is 5.11 Å². The summed E-state index contributed by atoms with van der Waals surface area (Å²) < 4.78 is 0. The molecule has 1 saturated carbocycles. The molecular weight excluding hydrogens is 280 g/mol. The number of carboxylic acid groups (broad SMARTS) is 1. The van der Waals surface area contributed by atoms with E-state index in [9.17, 15) is 9.59 Å². The minimum atomic E-state index is -0.943. The summed E-state index contributed by atoms with van der Waals surface area (Å²) in [6.07, 6.45) is 4.68. The van der Waals surface area contributed by atoms with E-state index in [-0.39, 0.29) is 11.6 Å². The topological polar surface area (TPSA) is 69.6 Å². The molecule has 1 fully saturated rings. The Bertz CT molecular complexity index is 527. The molecule has 0 aromatic heterocycles. The van der Waals surface area contributed by atoms with Gasteiger partial charge in [-0.25, -0.2) is 9.59 Å². The Morgan fingerprint density at radius 2 is 1.86 bits per heavy atom. The summed E-state index contributed by atoms with van der Waals surface area (Å²) in [4.78, 5) is 24.9. The van der Waals surface area contributed by atoms with Crippen LogP contribution in [0.5, 0.6) is 0 Å². The third kappa shape index (κ3) is 4.00. The number of hydrogen-bond acceptors (Lipinski definition) is 2. The van der Waals surface area contributed by atoms with Crippen LogP contribution < -0.4 is 5.32 Å². The number of carboxylic acids is 1. The number of rotatable bonds is 4. The zero-order valence-corrected chi connectivity index (χ0v) is 13.2. The lowest BCUT2D eigenvalue weighted by Gasteiger charge is -2.36. The summed E-state index contributed by atoms with van der Waals surface area (Å²) in [5.74, 6) is -0.402. The molecule has 5 nitrogen and oxygen atoms in total. The van der Waals surface area contributed by atoms with Crippen LogP contribution in [0.1, 0.15) is 48.5 Å². The maximum Gasteiger partial charge on any atom is 0.335 e. The van der Waals surface area contributed by atoms with Crippen LogP contribution >= 0.6 is 0 Å². The second-order valence-electron chi connectivity index (χ2n) is 6.10. The molecular formula is C17H24N2O3. The minimum absolute atomic E-state index is 0.0685. The van der Waals surface area contributed by atoms with Gasteiger partial charge >= 0.3 is 12.0 Å². The monoisotopic (exact) mass is 304 g/mol. The second kappa shape index (κ2) is 7.29. The van der Waals surface area contributed by atoms with Crippen LogP contribution in [0.4, 0.5) is 4.79 Å². The first-order chi connectivity index (χ1) is 10.5. The van der Waals surface area contributed by atoms with Gasteiger partial charge in [-0.15, -0.1) is 0 Å². The fourth-order valence-electron chi connectivity index (χ4n) is 3.09. The Morgan fingerprint density at radius 1 is 1.23 bits per heavy atom. The molecule has 0 bridgehead atoms. The lowest BCUT2D eigenvalue weighted by Crippen LogP contribution is -2.47. The SMILES string of the molecule is CC1CCCCC1N(C)C(=O)NCc1ccc(C(=O)O)cc1.